The summed E-state index contributed by atoms with van der Waals surface area (Å²) in [5.41, 5.74) is 2.57. The summed E-state index contributed by atoms with van der Waals surface area (Å²) < 4.78 is 0. The standard InChI is InChI=1S/C17H19N/c1-4-12-18(13-5-2)17-14(3)10-11-15-8-6-7-9-16(15)17/h4-11H,1-2,12-13H2,3H3. The molecule has 0 atom stereocenters. The van der Waals surface area contributed by atoms with E-state index in [1.807, 2.05) is 12.2 Å². The molecule has 0 N–H and O–H groups in total. The molecule has 0 fully saturated rings. The first-order valence-corrected chi connectivity index (χ1v) is 6.23. The predicted octanol–water partition coefficient (Wildman–Crippen LogP) is 4.33. The van der Waals surface area contributed by atoms with Gasteiger partial charge >= 0.3 is 0 Å². The van der Waals surface area contributed by atoms with Crippen molar-refractivity contribution in [3.05, 3.63) is 67.3 Å². The van der Waals surface area contributed by atoms with Crippen molar-refractivity contribution in [3.63, 3.8) is 0 Å². The minimum Gasteiger partial charge on any atom is -0.363 e. The highest BCUT2D eigenvalue weighted by atomic mass is 15.1. The summed E-state index contributed by atoms with van der Waals surface area (Å²) in [4.78, 5) is 2.30. The third-order valence-electron chi connectivity index (χ3n) is 3.12. The van der Waals surface area contributed by atoms with Gasteiger partial charge in [0.15, 0.2) is 0 Å². The van der Waals surface area contributed by atoms with Crippen molar-refractivity contribution in [2.24, 2.45) is 0 Å². The van der Waals surface area contributed by atoms with E-state index in [9.17, 15) is 0 Å². The molecular formula is C17H19N. The Hall–Kier alpha value is -2.02. The molecule has 0 aliphatic rings. The first-order chi connectivity index (χ1) is 8.77. The number of rotatable bonds is 5. The second kappa shape index (κ2) is 5.54. The molecule has 0 aliphatic heterocycles. The van der Waals surface area contributed by atoms with Crippen LogP contribution >= 0.6 is 0 Å². The van der Waals surface area contributed by atoms with Crippen LogP contribution < -0.4 is 4.90 Å². The van der Waals surface area contributed by atoms with Crippen LogP contribution in [0, 0.1) is 6.92 Å². The minimum atomic E-state index is 0.834. The lowest BCUT2D eigenvalue weighted by atomic mass is 10.0. The predicted molar refractivity (Wildman–Crippen MR) is 81.3 cm³/mol. The van der Waals surface area contributed by atoms with Gasteiger partial charge in [0.05, 0.1) is 0 Å². The fourth-order valence-corrected chi connectivity index (χ4v) is 2.35. The molecule has 2 aromatic rings. The summed E-state index contributed by atoms with van der Waals surface area (Å²) in [6.45, 7) is 11.5. The monoisotopic (exact) mass is 237 g/mol. The number of aryl methyl sites for hydroxylation is 1. The normalized spacial score (nSPS) is 10.3. The Bertz CT molecular complexity index is 559. The topological polar surface area (TPSA) is 3.24 Å². The fraction of sp³-hybridized carbons (Fsp3) is 0.176. The zero-order valence-corrected chi connectivity index (χ0v) is 10.9. The average Bonchev–Trinajstić information content (AvgIpc) is 2.38. The summed E-state index contributed by atoms with van der Waals surface area (Å²) in [5.74, 6) is 0. The highest BCUT2D eigenvalue weighted by molar-refractivity contribution is 5.96. The zero-order valence-electron chi connectivity index (χ0n) is 10.9. The van der Waals surface area contributed by atoms with Crippen molar-refractivity contribution in [1.29, 1.82) is 0 Å². The van der Waals surface area contributed by atoms with Gasteiger partial charge in [-0.05, 0) is 17.9 Å². The van der Waals surface area contributed by atoms with Gasteiger partial charge in [-0.2, -0.15) is 0 Å². The van der Waals surface area contributed by atoms with Crippen molar-refractivity contribution >= 4 is 16.5 Å². The molecule has 0 radical (unpaired) electrons. The summed E-state index contributed by atoms with van der Waals surface area (Å²) in [6.07, 6.45) is 3.87. The van der Waals surface area contributed by atoms with Crippen molar-refractivity contribution in [2.45, 2.75) is 6.92 Å². The smallest absolute Gasteiger partial charge is 0.0481 e. The Morgan fingerprint density at radius 1 is 1.00 bits per heavy atom. The molecule has 0 spiro atoms. The lowest BCUT2D eigenvalue weighted by Gasteiger charge is -2.25. The van der Waals surface area contributed by atoms with Crippen LogP contribution in [-0.4, -0.2) is 13.1 Å². The van der Waals surface area contributed by atoms with Crippen molar-refractivity contribution in [2.75, 3.05) is 18.0 Å². The van der Waals surface area contributed by atoms with Gasteiger partial charge in [0.2, 0.25) is 0 Å². The quantitative estimate of drug-likeness (QED) is 0.700. The van der Waals surface area contributed by atoms with Crippen LogP contribution in [0.2, 0.25) is 0 Å². The van der Waals surface area contributed by atoms with Crippen molar-refractivity contribution < 1.29 is 0 Å². The van der Waals surface area contributed by atoms with E-state index >= 15 is 0 Å². The number of fused-ring (bicyclic) bond motifs is 1. The molecular weight excluding hydrogens is 218 g/mol. The Balaban J connectivity index is 2.62. The number of nitrogens with zero attached hydrogens (tertiary/aromatic N) is 1. The molecule has 0 unspecified atom stereocenters. The van der Waals surface area contributed by atoms with Gasteiger partial charge in [0.1, 0.15) is 0 Å². The summed E-state index contributed by atoms with van der Waals surface area (Å²) >= 11 is 0. The summed E-state index contributed by atoms with van der Waals surface area (Å²) in [7, 11) is 0. The van der Waals surface area contributed by atoms with Gasteiger partial charge in [-0.15, -0.1) is 13.2 Å². The highest BCUT2D eigenvalue weighted by Gasteiger charge is 2.10. The molecule has 92 valence electrons. The van der Waals surface area contributed by atoms with Gasteiger partial charge in [-0.25, -0.2) is 0 Å². The SMILES string of the molecule is C=CCN(CC=C)c1c(C)ccc2ccccc12. The second-order valence-electron chi connectivity index (χ2n) is 4.43. The van der Waals surface area contributed by atoms with Gasteiger partial charge in [-0.1, -0.05) is 48.6 Å². The Kier molecular flexibility index (Phi) is 3.83. The molecule has 0 amide bonds. The maximum absolute atomic E-state index is 3.84. The van der Waals surface area contributed by atoms with Gasteiger partial charge in [-0.3, -0.25) is 0 Å². The minimum absolute atomic E-state index is 0.834. The van der Waals surface area contributed by atoms with E-state index in [-0.39, 0.29) is 0 Å². The van der Waals surface area contributed by atoms with E-state index in [0.29, 0.717) is 0 Å². The molecule has 2 rings (SSSR count). The lowest BCUT2D eigenvalue weighted by Crippen LogP contribution is -2.24. The lowest BCUT2D eigenvalue weighted by molar-refractivity contribution is 0.956. The molecule has 18 heavy (non-hydrogen) atoms. The van der Waals surface area contributed by atoms with Crippen LogP contribution in [0.1, 0.15) is 5.56 Å². The molecule has 0 bridgehead atoms. The summed E-state index contributed by atoms with van der Waals surface area (Å²) in [6, 6.07) is 12.8. The van der Waals surface area contributed by atoms with E-state index in [4.69, 9.17) is 0 Å². The Morgan fingerprint density at radius 2 is 1.67 bits per heavy atom. The molecule has 0 saturated heterocycles. The van der Waals surface area contributed by atoms with E-state index in [2.05, 4.69) is 61.4 Å². The van der Waals surface area contributed by atoms with Crippen LogP contribution in [0.4, 0.5) is 5.69 Å². The van der Waals surface area contributed by atoms with Crippen LogP contribution in [0.25, 0.3) is 10.8 Å². The van der Waals surface area contributed by atoms with E-state index in [1.54, 1.807) is 0 Å². The molecule has 0 saturated carbocycles. The van der Waals surface area contributed by atoms with Crippen LogP contribution in [0.5, 0.6) is 0 Å². The third kappa shape index (κ3) is 2.30. The zero-order chi connectivity index (χ0) is 13.0. The number of anilines is 1. The van der Waals surface area contributed by atoms with Crippen molar-refractivity contribution in [3.8, 4) is 0 Å². The van der Waals surface area contributed by atoms with E-state index in [0.717, 1.165) is 13.1 Å². The van der Waals surface area contributed by atoms with E-state index < -0.39 is 0 Å². The fourth-order valence-electron chi connectivity index (χ4n) is 2.35. The summed E-state index contributed by atoms with van der Waals surface area (Å²) in [5, 5.41) is 2.57. The van der Waals surface area contributed by atoms with Gasteiger partial charge in [0, 0.05) is 24.2 Å². The first kappa shape index (κ1) is 12.4. The van der Waals surface area contributed by atoms with Gasteiger partial charge in [0.25, 0.3) is 0 Å². The maximum Gasteiger partial charge on any atom is 0.0481 e. The van der Waals surface area contributed by atoms with Crippen LogP contribution in [0.15, 0.2) is 61.7 Å². The molecule has 0 heterocycles. The molecule has 1 nitrogen and oxygen atoms in total. The molecule has 1 heteroatoms. The third-order valence-corrected chi connectivity index (χ3v) is 3.12. The first-order valence-electron chi connectivity index (χ1n) is 6.23. The number of benzene rings is 2. The number of hydrogen-bond donors (Lipinski definition) is 0. The largest absolute Gasteiger partial charge is 0.363 e. The van der Waals surface area contributed by atoms with Crippen molar-refractivity contribution in [1.82, 2.24) is 0 Å². The molecule has 0 aliphatic carbocycles. The maximum atomic E-state index is 3.84. The van der Waals surface area contributed by atoms with Crippen LogP contribution in [-0.2, 0) is 0 Å². The molecule has 2 aromatic carbocycles. The Labute approximate surface area is 109 Å². The number of hydrogen-bond acceptors (Lipinski definition) is 1. The molecule has 0 aromatic heterocycles. The van der Waals surface area contributed by atoms with Crippen LogP contribution in [0.3, 0.4) is 0 Å². The Morgan fingerprint density at radius 3 is 2.33 bits per heavy atom. The second-order valence-corrected chi connectivity index (χ2v) is 4.43. The highest BCUT2D eigenvalue weighted by Crippen LogP contribution is 2.30. The van der Waals surface area contributed by atoms with E-state index in [1.165, 1.54) is 22.0 Å². The van der Waals surface area contributed by atoms with Gasteiger partial charge < -0.3 is 4.90 Å². The average molecular weight is 237 g/mol.